The molecule has 0 heterocycles. The van der Waals surface area contributed by atoms with Crippen molar-refractivity contribution in [1.82, 2.24) is 5.32 Å². The normalized spacial score (nSPS) is 12.6. The standard InChI is InChI=1S/C18H22ClNO/c1-12(2)14-4-6-15(7-5-14)13(3)20-11-16-10-17(19)8-9-18(16)21/h4-10,12-13,20-21H,11H2,1-3H3. The summed E-state index contributed by atoms with van der Waals surface area (Å²) < 4.78 is 0. The van der Waals surface area contributed by atoms with E-state index < -0.39 is 0 Å². The Balaban J connectivity index is 2.01. The highest BCUT2D eigenvalue weighted by Gasteiger charge is 2.08. The van der Waals surface area contributed by atoms with E-state index in [2.05, 4.69) is 50.4 Å². The van der Waals surface area contributed by atoms with Crippen LogP contribution in [0.4, 0.5) is 0 Å². The van der Waals surface area contributed by atoms with Crippen LogP contribution in [-0.2, 0) is 6.54 Å². The average molecular weight is 304 g/mol. The summed E-state index contributed by atoms with van der Waals surface area (Å²) in [5.74, 6) is 0.819. The first-order valence-corrected chi connectivity index (χ1v) is 7.66. The maximum Gasteiger partial charge on any atom is 0.120 e. The first-order valence-electron chi connectivity index (χ1n) is 7.28. The summed E-state index contributed by atoms with van der Waals surface area (Å²) in [5, 5.41) is 13.9. The Hall–Kier alpha value is -1.51. The van der Waals surface area contributed by atoms with Crippen molar-refractivity contribution < 1.29 is 5.11 Å². The number of phenolic OH excluding ortho intramolecular Hbond substituents is 1. The van der Waals surface area contributed by atoms with Gasteiger partial charge in [-0.3, -0.25) is 0 Å². The number of hydrogen-bond acceptors (Lipinski definition) is 2. The molecule has 3 heteroatoms. The van der Waals surface area contributed by atoms with E-state index in [-0.39, 0.29) is 11.8 Å². The van der Waals surface area contributed by atoms with Crippen LogP contribution in [0.3, 0.4) is 0 Å². The molecule has 1 unspecified atom stereocenters. The Bertz CT molecular complexity index is 593. The third kappa shape index (κ3) is 4.23. The minimum absolute atomic E-state index is 0.213. The van der Waals surface area contributed by atoms with Crippen molar-refractivity contribution in [3.8, 4) is 5.75 Å². The summed E-state index contributed by atoms with van der Waals surface area (Å²) in [7, 11) is 0. The molecule has 1 atom stereocenters. The zero-order valence-corrected chi connectivity index (χ0v) is 13.5. The number of nitrogens with one attached hydrogen (secondary N) is 1. The second kappa shape index (κ2) is 6.97. The molecular formula is C18H22ClNO. The van der Waals surface area contributed by atoms with Crippen LogP contribution in [0.5, 0.6) is 5.75 Å². The zero-order valence-electron chi connectivity index (χ0n) is 12.7. The van der Waals surface area contributed by atoms with Crippen LogP contribution in [0, 0.1) is 0 Å². The molecule has 2 aromatic carbocycles. The van der Waals surface area contributed by atoms with Crippen LogP contribution in [-0.4, -0.2) is 5.11 Å². The Labute approximate surface area is 131 Å². The highest BCUT2D eigenvalue weighted by atomic mass is 35.5. The molecule has 0 saturated heterocycles. The molecule has 0 aliphatic rings. The summed E-state index contributed by atoms with van der Waals surface area (Å²) in [6.07, 6.45) is 0. The molecule has 2 rings (SSSR count). The van der Waals surface area contributed by atoms with Crippen LogP contribution < -0.4 is 5.32 Å². The maximum atomic E-state index is 9.82. The van der Waals surface area contributed by atoms with Gasteiger partial charge in [0, 0.05) is 23.2 Å². The lowest BCUT2D eigenvalue weighted by molar-refractivity contribution is 0.460. The van der Waals surface area contributed by atoms with Gasteiger partial charge in [0.05, 0.1) is 0 Å². The van der Waals surface area contributed by atoms with E-state index in [1.54, 1.807) is 18.2 Å². The summed E-state index contributed by atoms with van der Waals surface area (Å²) in [4.78, 5) is 0. The fourth-order valence-electron chi connectivity index (χ4n) is 2.25. The van der Waals surface area contributed by atoms with E-state index in [1.165, 1.54) is 11.1 Å². The van der Waals surface area contributed by atoms with Crippen LogP contribution in [0.2, 0.25) is 5.02 Å². The first kappa shape index (κ1) is 15.9. The molecule has 0 aliphatic heterocycles. The predicted octanol–water partition coefficient (Wildman–Crippen LogP) is 5.02. The van der Waals surface area contributed by atoms with Crippen LogP contribution in [0.1, 0.15) is 49.4 Å². The third-order valence-corrected chi connectivity index (χ3v) is 3.98. The lowest BCUT2D eigenvalue weighted by Crippen LogP contribution is -2.18. The van der Waals surface area contributed by atoms with Crippen LogP contribution in [0.25, 0.3) is 0 Å². The Morgan fingerprint density at radius 2 is 1.62 bits per heavy atom. The maximum absolute atomic E-state index is 9.82. The predicted molar refractivity (Wildman–Crippen MR) is 88.9 cm³/mol. The van der Waals surface area contributed by atoms with Crippen molar-refractivity contribution in [2.45, 2.75) is 39.3 Å². The molecule has 0 aromatic heterocycles. The van der Waals surface area contributed by atoms with Crippen LogP contribution >= 0.6 is 11.6 Å². The summed E-state index contributed by atoms with van der Waals surface area (Å²) in [6, 6.07) is 14.0. The SMILES string of the molecule is CC(C)c1ccc(C(C)NCc2cc(Cl)ccc2O)cc1. The topological polar surface area (TPSA) is 32.3 Å². The molecule has 112 valence electrons. The van der Waals surface area contributed by atoms with E-state index in [1.807, 2.05) is 0 Å². The summed E-state index contributed by atoms with van der Waals surface area (Å²) in [6.45, 7) is 7.09. The van der Waals surface area contributed by atoms with Gasteiger partial charge in [0.15, 0.2) is 0 Å². The molecule has 0 fully saturated rings. The number of benzene rings is 2. The fraction of sp³-hybridized carbons (Fsp3) is 0.333. The second-order valence-corrected chi connectivity index (χ2v) is 6.13. The zero-order chi connectivity index (χ0) is 15.4. The van der Waals surface area contributed by atoms with Gasteiger partial charge in [0.25, 0.3) is 0 Å². The van der Waals surface area contributed by atoms with Crippen molar-refractivity contribution in [2.24, 2.45) is 0 Å². The molecule has 2 aromatic rings. The van der Waals surface area contributed by atoms with Gasteiger partial charge < -0.3 is 10.4 Å². The van der Waals surface area contributed by atoms with Gasteiger partial charge >= 0.3 is 0 Å². The first-order chi connectivity index (χ1) is 9.97. The summed E-state index contributed by atoms with van der Waals surface area (Å²) in [5.41, 5.74) is 3.40. The monoisotopic (exact) mass is 303 g/mol. The largest absolute Gasteiger partial charge is 0.508 e. The van der Waals surface area contributed by atoms with Crippen molar-refractivity contribution >= 4 is 11.6 Å². The highest BCUT2D eigenvalue weighted by molar-refractivity contribution is 6.30. The van der Waals surface area contributed by atoms with Crippen LogP contribution in [0.15, 0.2) is 42.5 Å². The molecule has 2 nitrogen and oxygen atoms in total. The van der Waals surface area contributed by atoms with Gasteiger partial charge in [-0.25, -0.2) is 0 Å². The van der Waals surface area contributed by atoms with Crippen molar-refractivity contribution in [2.75, 3.05) is 0 Å². The van der Waals surface area contributed by atoms with E-state index >= 15 is 0 Å². The van der Waals surface area contributed by atoms with Gasteiger partial charge in [-0.2, -0.15) is 0 Å². The third-order valence-electron chi connectivity index (χ3n) is 3.74. The molecule has 21 heavy (non-hydrogen) atoms. The van der Waals surface area contributed by atoms with Gasteiger partial charge in [0.1, 0.15) is 5.75 Å². The number of hydrogen-bond donors (Lipinski definition) is 2. The lowest BCUT2D eigenvalue weighted by atomic mass is 9.99. The highest BCUT2D eigenvalue weighted by Crippen LogP contribution is 2.23. The Morgan fingerprint density at radius 1 is 1.00 bits per heavy atom. The van der Waals surface area contributed by atoms with Crippen molar-refractivity contribution in [3.63, 3.8) is 0 Å². The Kier molecular flexibility index (Phi) is 5.27. The number of phenols is 1. The molecule has 0 amide bonds. The molecule has 2 N–H and O–H groups in total. The Morgan fingerprint density at radius 3 is 2.24 bits per heavy atom. The fourth-order valence-corrected chi connectivity index (χ4v) is 2.44. The molecule has 0 aliphatic carbocycles. The van der Waals surface area contributed by atoms with Gasteiger partial charge in [-0.1, -0.05) is 49.7 Å². The van der Waals surface area contributed by atoms with E-state index in [0.717, 1.165) is 5.56 Å². The van der Waals surface area contributed by atoms with Gasteiger partial charge in [-0.15, -0.1) is 0 Å². The minimum atomic E-state index is 0.213. The molecule has 0 bridgehead atoms. The van der Waals surface area contributed by atoms with Crippen molar-refractivity contribution in [3.05, 3.63) is 64.2 Å². The van der Waals surface area contributed by atoms with E-state index in [4.69, 9.17) is 11.6 Å². The quantitative estimate of drug-likeness (QED) is 0.813. The van der Waals surface area contributed by atoms with Crippen molar-refractivity contribution in [1.29, 1.82) is 0 Å². The van der Waals surface area contributed by atoms with E-state index in [9.17, 15) is 5.11 Å². The molecule has 0 spiro atoms. The lowest BCUT2D eigenvalue weighted by Gasteiger charge is -2.16. The molecule has 0 radical (unpaired) electrons. The number of aromatic hydroxyl groups is 1. The number of rotatable bonds is 5. The summed E-state index contributed by atoms with van der Waals surface area (Å²) >= 11 is 5.96. The smallest absolute Gasteiger partial charge is 0.120 e. The average Bonchev–Trinajstić information content (AvgIpc) is 2.48. The van der Waals surface area contributed by atoms with Gasteiger partial charge in [-0.05, 0) is 42.2 Å². The second-order valence-electron chi connectivity index (χ2n) is 5.70. The number of halogens is 1. The minimum Gasteiger partial charge on any atom is -0.508 e. The van der Waals surface area contributed by atoms with E-state index in [0.29, 0.717) is 17.5 Å². The molecular weight excluding hydrogens is 282 g/mol. The van der Waals surface area contributed by atoms with Gasteiger partial charge in [0.2, 0.25) is 0 Å². The molecule has 0 saturated carbocycles.